The van der Waals surface area contributed by atoms with Crippen LogP contribution in [0, 0.1) is 0 Å². The number of amides is 1. The molecule has 0 fully saturated rings. The van der Waals surface area contributed by atoms with Crippen LogP contribution in [0.5, 0.6) is 0 Å². The molecule has 1 aromatic carbocycles. The number of alkyl halides is 6. The van der Waals surface area contributed by atoms with Crippen LogP contribution >= 0.6 is 0 Å². The van der Waals surface area contributed by atoms with Gasteiger partial charge in [-0.25, -0.2) is 0 Å². The van der Waals surface area contributed by atoms with Gasteiger partial charge in [0.1, 0.15) is 17.0 Å². The minimum atomic E-state index is -4.94. The number of hydrogen-bond donors (Lipinski definition) is 1. The first kappa shape index (κ1) is 22.1. The van der Waals surface area contributed by atoms with E-state index in [2.05, 4.69) is 10.1 Å². The van der Waals surface area contributed by atoms with Gasteiger partial charge in [-0.05, 0) is 23.8 Å². The predicted octanol–water partition coefficient (Wildman–Crippen LogP) is 5.28. The molecule has 162 valence electrons. The molecule has 0 saturated heterocycles. The monoisotopic (exact) mass is 440 g/mol. The van der Waals surface area contributed by atoms with Gasteiger partial charge in [0.05, 0.1) is 5.69 Å². The molecule has 2 aromatic heterocycles. The van der Waals surface area contributed by atoms with Gasteiger partial charge in [-0.2, -0.15) is 31.4 Å². The minimum absolute atomic E-state index is 0.358. The van der Waals surface area contributed by atoms with E-state index in [1.807, 2.05) is 5.32 Å². The summed E-state index contributed by atoms with van der Waals surface area (Å²) in [5.74, 6) is -1.26. The van der Waals surface area contributed by atoms with E-state index >= 15 is 0 Å². The van der Waals surface area contributed by atoms with Gasteiger partial charge < -0.3 is 5.32 Å². The van der Waals surface area contributed by atoms with Crippen LogP contribution in [0.25, 0.3) is 12.2 Å². The Hall–Kier alpha value is -3.63. The lowest BCUT2D eigenvalue weighted by molar-refractivity contribution is -0.141. The third-order valence-corrected chi connectivity index (χ3v) is 4.11. The quantitative estimate of drug-likeness (QED) is 0.562. The Kier molecular flexibility index (Phi) is 5.87. The van der Waals surface area contributed by atoms with Crippen molar-refractivity contribution in [2.45, 2.75) is 12.4 Å². The van der Waals surface area contributed by atoms with E-state index < -0.39 is 40.9 Å². The molecule has 1 N–H and O–H groups in total. The number of aryl methyl sites for hydroxylation is 1. The van der Waals surface area contributed by atoms with Crippen LogP contribution in [-0.4, -0.2) is 20.7 Å². The standard InChI is InChI=1S/C20H14F6N4O/c1-30-17(18(31)28-13-9-10-27-15(11-13)19(21,22)23)16(20(24,25)26)14(29-30)8-7-12-5-3-2-4-6-12/h2-11H,1H3,(H,27,28,31)/b8-7+. The molecule has 1 amide bonds. The Morgan fingerprint density at radius 1 is 1.00 bits per heavy atom. The molecular formula is C20H14F6N4O. The second-order valence-electron chi connectivity index (χ2n) is 6.36. The summed E-state index contributed by atoms with van der Waals surface area (Å²) < 4.78 is 80.3. The largest absolute Gasteiger partial charge is 0.433 e. The number of anilines is 1. The Labute approximate surface area is 172 Å². The maximum Gasteiger partial charge on any atom is 0.433 e. The summed E-state index contributed by atoms with van der Waals surface area (Å²) in [6.07, 6.45) is -6.41. The van der Waals surface area contributed by atoms with Crippen LogP contribution < -0.4 is 5.32 Å². The molecule has 0 aliphatic rings. The third-order valence-electron chi connectivity index (χ3n) is 4.11. The predicted molar refractivity (Wildman–Crippen MR) is 101 cm³/mol. The number of rotatable bonds is 4. The minimum Gasteiger partial charge on any atom is -0.321 e. The highest BCUT2D eigenvalue weighted by molar-refractivity contribution is 6.04. The summed E-state index contributed by atoms with van der Waals surface area (Å²) in [5.41, 5.74) is -3.69. The number of pyridine rings is 1. The first-order valence-electron chi connectivity index (χ1n) is 8.68. The zero-order valence-corrected chi connectivity index (χ0v) is 15.8. The molecule has 11 heteroatoms. The molecule has 0 radical (unpaired) electrons. The normalized spacial score (nSPS) is 12.4. The third kappa shape index (κ3) is 5.11. The summed E-state index contributed by atoms with van der Waals surface area (Å²) in [6.45, 7) is 0. The van der Waals surface area contributed by atoms with Gasteiger partial charge in [-0.15, -0.1) is 0 Å². The van der Waals surface area contributed by atoms with Gasteiger partial charge >= 0.3 is 12.4 Å². The van der Waals surface area contributed by atoms with Crippen molar-refractivity contribution in [3.05, 3.63) is 76.9 Å². The van der Waals surface area contributed by atoms with Gasteiger partial charge in [-0.1, -0.05) is 36.4 Å². The molecule has 0 aliphatic heterocycles. The highest BCUT2D eigenvalue weighted by Gasteiger charge is 2.41. The molecule has 0 spiro atoms. The van der Waals surface area contributed by atoms with Gasteiger partial charge in [-0.3, -0.25) is 14.5 Å². The van der Waals surface area contributed by atoms with Crippen LogP contribution in [-0.2, 0) is 19.4 Å². The van der Waals surface area contributed by atoms with Crippen molar-refractivity contribution in [1.29, 1.82) is 0 Å². The number of halogens is 6. The molecule has 0 atom stereocenters. The summed E-state index contributed by atoms with van der Waals surface area (Å²) in [7, 11) is 1.14. The van der Waals surface area contributed by atoms with Crippen LogP contribution in [0.15, 0.2) is 48.7 Å². The fourth-order valence-corrected chi connectivity index (χ4v) is 2.79. The Bertz CT molecular complexity index is 1120. The number of carbonyl (C=O) groups is 1. The molecule has 31 heavy (non-hydrogen) atoms. The fourth-order valence-electron chi connectivity index (χ4n) is 2.79. The lowest BCUT2D eigenvalue weighted by atomic mass is 10.1. The van der Waals surface area contributed by atoms with Crippen molar-refractivity contribution in [3.63, 3.8) is 0 Å². The van der Waals surface area contributed by atoms with E-state index in [1.54, 1.807) is 30.3 Å². The van der Waals surface area contributed by atoms with Crippen LogP contribution in [0.3, 0.4) is 0 Å². The zero-order valence-electron chi connectivity index (χ0n) is 15.8. The van der Waals surface area contributed by atoms with Gasteiger partial charge in [0.15, 0.2) is 0 Å². The number of carbonyl (C=O) groups excluding carboxylic acids is 1. The number of hydrogen-bond acceptors (Lipinski definition) is 3. The first-order valence-corrected chi connectivity index (χ1v) is 8.68. The molecule has 5 nitrogen and oxygen atoms in total. The number of benzene rings is 1. The SMILES string of the molecule is Cn1nc(/C=C/c2ccccc2)c(C(F)(F)F)c1C(=O)Nc1ccnc(C(F)(F)F)c1. The molecule has 0 aliphatic carbocycles. The summed E-state index contributed by atoms with van der Waals surface area (Å²) in [4.78, 5) is 15.7. The Morgan fingerprint density at radius 2 is 1.68 bits per heavy atom. The van der Waals surface area contributed by atoms with E-state index in [4.69, 9.17) is 0 Å². The molecule has 3 aromatic rings. The molecular weight excluding hydrogens is 426 g/mol. The van der Waals surface area contributed by atoms with E-state index in [-0.39, 0.29) is 5.69 Å². The van der Waals surface area contributed by atoms with Crippen molar-refractivity contribution >= 4 is 23.7 Å². The van der Waals surface area contributed by atoms with Crippen molar-refractivity contribution in [2.24, 2.45) is 7.05 Å². The number of nitrogens with zero attached hydrogens (tertiary/aromatic N) is 3. The van der Waals surface area contributed by atoms with E-state index in [9.17, 15) is 31.1 Å². The lowest BCUT2D eigenvalue weighted by Crippen LogP contribution is -2.21. The summed E-state index contributed by atoms with van der Waals surface area (Å²) in [6, 6.07) is 10.0. The van der Waals surface area contributed by atoms with Gasteiger partial charge in [0, 0.05) is 18.9 Å². The molecule has 2 heterocycles. The second kappa shape index (κ2) is 8.25. The van der Waals surface area contributed by atoms with Crippen LogP contribution in [0.1, 0.15) is 33.0 Å². The maximum atomic E-state index is 13.7. The first-order chi connectivity index (χ1) is 14.5. The van der Waals surface area contributed by atoms with Crippen molar-refractivity contribution in [2.75, 3.05) is 5.32 Å². The van der Waals surface area contributed by atoms with Crippen molar-refractivity contribution < 1.29 is 31.1 Å². The average Bonchev–Trinajstić information content (AvgIpc) is 3.03. The van der Waals surface area contributed by atoms with Gasteiger partial charge in [0.2, 0.25) is 0 Å². The number of nitrogens with one attached hydrogen (secondary N) is 1. The molecule has 3 rings (SSSR count). The summed E-state index contributed by atoms with van der Waals surface area (Å²) >= 11 is 0. The smallest absolute Gasteiger partial charge is 0.321 e. The number of aromatic nitrogens is 3. The van der Waals surface area contributed by atoms with Crippen LogP contribution in [0.2, 0.25) is 0 Å². The zero-order chi connectivity index (χ0) is 22.8. The topological polar surface area (TPSA) is 59.8 Å². The highest BCUT2D eigenvalue weighted by atomic mass is 19.4. The molecule has 0 unspecified atom stereocenters. The second-order valence-corrected chi connectivity index (χ2v) is 6.36. The van der Waals surface area contributed by atoms with E-state index in [0.29, 0.717) is 11.6 Å². The summed E-state index contributed by atoms with van der Waals surface area (Å²) in [5, 5.41) is 5.82. The molecule has 0 bridgehead atoms. The lowest BCUT2D eigenvalue weighted by Gasteiger charge is -2.12. The fraction of sp³-hybridized carbons (Fsp3) is 0.150. The van der Waals surface area contributed by atoms with Crippen LogP contribution in [0.4, 0.5) is 32.0 Å². The molecule has 0 saturated carbocycles. The van der Waals surface area contributed by atoms with Gasteiger partial charge in [0.25, 0.3) is 5.91 Å². The Balaban J connectivity index is 1.98. The van der Waals surface area contributed by atoms with E-state index in [1.165, 1.54) is 6.08 Å². The van der Waals surface area contributed by atoms with E-state index in [0.717, 1.165) is 30.1 Å². The average molecular weight is 440 g/mol. The highest BCUT2D eigenvalue weighted by Crippen LogP contribution is 2.36. The van der Waals surface area contributed by atoms with Crippen molar-refractivity contribution in [1.82, 2.24) is 14.8 Å². The maximum absolute atomic E-state index is 13.7. The van der Waals surface area contributed by atoms with Crippen molar-refractivity contribution in [3.8, 4) is 0 Å². The Morgan fingerprint density at radius 3 is 2.29 bits per heavy atom.